The molecule has 0 aliphatic rings. The molecule has 0 spiro atoms. The maximum absolute atomic E-state index is 12.2. The molecule has 1 aromatic rings. The average molecular weight is 328 g/mol. The van der Waals surface area contributed by atoms with Crippen LogP contribution in [-0.4, -0.2) is 35.7 Å². The van der Waals surface area contributed by atoms with Gasteiger partial charge < -0.3 is 15.8 Å². The minimum absolute atomic E-state index is 0.0727. The highest BCUT2D eigenvalue weighted by atomic mass is 35.5. The van der Waals surface area contributed by atoms with Gasteiger partial charge in [0.1, 0.15) is 5.60 Å². The van der Waals surface area contributed by atoms with E-state index in [2.05, 4.69) is 5.32 Å². The van der Waals surface area contributed by atoms with Crippen LogP contribution in [0.5, 0.6) is 0 Å². The zero-order valence-corrected chi connectivity index (χ0v) is 13.8. The first kappa shape index (κ1) is 18.3. The van der Waals surface area contributed by atoms with E-state index in [1.54, 1.807) is 39.0 Å². The predicted molar refractivity (Wildman–Crippen MR) is 85.7 cm³/mol. The third-order valence-electron chi connectivity index (χ3n) is 2.60. The molecule has 0 heterocycles. The highest BCUT2D eigenvalue weighted by molar-refractivity contribution is 6.31. The van der Waals surface area contributed by atoms with Crippen molar-refractivity contribution < 1.29 is 14.3 Å². The summed E-state index contributed by atoms with van der Waals surface area (Å²) in [6.45, 7) is 5.62. The summed E-state index contributed by atoms with van der Waals surface area (Å²) in [6, 6.07) is 6.57. The third kappa shape index (κ3) is 5.91. The van der Waals surface area contributed by atoms with Gasteiger partial charge in [-0.05, 0) is 32.4 Å². The first-order valence-corrected chi connectivity index (χ1v) is 7.34. The van der Waals surface area contributed by atoms with Crippen LogP contribution in [0.3, 0.4) is 0 Å². The second-order valence-electron chi connectivity index (χ2n) is 5.67. The van der Waals surface area contributed by atoms with Gasteiger partial charge in [-0.2, -0.15) is 0 Å². The van der Waals surface area contributed by atoms with E-state index < -0.39 is 17.7 Å². The fraction of sp³-hybridized carbons (Fsp3) is 0.467. The van der Waals surface area contributed by atoms with Crippen molar-refractivity contribution in [2.24, 2.45) is 5.73 Å². The van der Waals surface area contributed by atoms with Crippen LogP contribution in [-0.2, 0) is 11.3 Å². The molecule has 122 valence electrons. The molecule has 0 unspecified atom stereocenters. The Morgan fingerprint density at radius 2 is 1.95 bits per heavy atom. The quantitative estimate of drug-likeness (QED) is 0.890. The van der Waals surface area contributed by atoms with Gasteiger partial charge in [0.15, 0.2) is 0 Å². The molecule has 1 aromatic carbocycles. The molecule has 0 aromatic heterocycles. The van der Waals surface area contributed by atoms with Crippen molar-refractivity contribution in [3.8, 4) is 0 Å². The van der Waals surface area contributed by atoms with E-state index in [4.69, 9.17) is 22.1 Å². The number of nitrogens with one attached hydrogen (secondary N) is 1. The molecular weight excluding hydrogens is 306 g/mol. The van der Waals surface area contributed by atoms with Crippen LogP contribution >= 0.6 is 11.6 Å². The second kappa shape index (κ2) is 8.00. The number of hydrogen-bond acceptors (Lipinski definition) is 4. The lowest BCUT2D eigenvalue weighted by Crippen LogP contribution is -2.47. The van der Waals surface area contributed by atoms with Gasteiger partial charge in [0.05, 0.1) is 0 Å². The van der Waals surface area contributed by atoms with E-state index in [0.29, 0.717) is 5.02 Å². The Bertz CT molecular complexity index is 529. The molecule has 0 saturated heterocycles. The summed E-state index contributed by atoms with van der Waals surface area (Å²) in [7, 11) is 0. The van der Waals surface area contributed by atoms with E-state index in [9.17, 15) is 9.59 Å². The molecule has 22 heavy (non-hydrogen) atoms. The molecule has 0 atom stereocenters. The number of benzene rings is 1. The van der Waals surface area contributed by atoms with Crippen molar-refractivity contribution in [3.63, 3.8) is 0 Å². The summed E-state index contributed by atoms with van der Waals surface area (Å²) < 4.78 is 5.19. The van der Waals surface area contributed by atoms with Gasteiger partial charge >= 0.3 is 12.1 Å². The molecular formula is C15H22ClN3O3. The highest BCUT2D eigenvalue weighted by Crippen LogP contribution is 2.15. The minimum atomic E-state index is -0.727. The summed E-state index contributed by atoms with van der Waals surface area (Å²) in [4.78, 5) is 25.1. The highest BCUT2D eigenvalue weighted by Gasteiger charge is 2.26. The van der Waals surface area contributed by atoms with Crippen LogP contribution < -0.4 is 11.1 Å². The smallest absolute Gasteiger partial charge is 0.418 e. The van der Waals surface area contributed by atoms with Gasteiger partial charge in [-0.3, -0.25) is 0 Å². The lowest BCUT2D eigenvalue weighted by Gasteiger charge is -2.26. The van der Waals surface area contributed by atoms with Crippen molar-refractivity contribution in [3.05, 3.63) is 34.9 Å². The maximum Gasteiger partial charge on any atom is 0.418 e. The van der Waals surface area contributed by atoms with E-state index in [1.807, 2.05) is 6.07 Å². The molecule has 0 aliphatic carbocycles. The lowest BCUT2D eigenvalue weighted by atomic mass is 10.2. The number of amides is 3. The van der Waals surface area contributed by atoms with Crippen molar-refractivity contribution >= 4 is 23.7 Å². The van der Waals surface area contributed by atoms with Crippen LogP contribution in [0.2, 0.25) is 5.02 Å². The molecule has 6 nitrogen and oxygen atoms in total. The van der Waals surface area contributed by atoms with Crippen LogP contribution in [0.4, 0.5) is 9.59 Å². The fourth-order valence-corrected chi connectivity index (χ4v) is 1.83. The number of ether oxygens (including phenoxy) is 1. The van der Waals surface area contributed by atoms with Crippen LogP contribution in [0.25, 0.3) is 0 Å². The topological polar surface area (TPSA) is 84.7 Å². The van der Waals surface area contributed by atoms with Crippen LogP contribution in [0.1, 0.15) is 26.3 Å². The second-order valence-corrected chi connectivity index (χ2v) is 6.08. The molecule has 1 rings (SSSR count). The molecule has 3 amide bonds. The van der Waals surface area contributed by atoms with E-state index >= 15 is 0 Å². The Balaban J connectivity index is 2.69. The zero-order chi connectivity index (χ0) is 16.8. The summed E-state index contributed by atoms with van der Waals surface area (Å²) >= 11 is 6.02. The minimum Gasteiger partial charge on any atom is -0.443 e. The van der Waals surface area contributed by atoms with E-state index in [0.717, 1.165) is 10.5 Å². The Morgan fingerprint density at radius 3 is 2.50 bits per heavy atom. The fourth-order valence-electron chi connectivity index (χ4n) is 1.63. The monoisotopic (exact) mass is 327 g/mol. The first-order valence-electron chi connectivity index (χ1n) is 6.96. The number of imide groups is 1. The Hall–Kier alpha value is -1.79. The van der Waals surface area contributed by atoms with E-state index in [-0.39, 0.29) is 19.6 Å². The Kier molecular flexibility index (Phi) is 6.64. The molecule has 0 bridgehead atoms. The van der Waals surface area contributed by atoms with Gasteiger partial charge in [-0.25, -0.2) is 14.5 Å². The van der Waals surface area contributed by atoms with Gasteiger partial charge in [-0.1, -0.05) is 29.8 Å². The predicted octanol–water partition coefficient (Wildman–Crippen LogP) is 2.75. The third-order valence-corrected chi connectivity index (χ3v) is 2.97. The van der Waals surface area contributed by atoms with Crippen molar-refractivity contribution in [1.82, 2.24) is 10.2 Å². The zero-order valence-electron chi connectivity index (χ0n) is 13.1. The first-order chi connectivity index (χ1) is 10.2. The molecule has 0 fully saturated rings. The molecule has 7 heteroatoms. The lowest BCUT2D eigenvalue weighted by molar-refractivity contribution is 0.0325. The number of hydrogen-bond donors (Lipinski definition) is 2. The van der Waals surface area contributed by atoms with Crippen LogP contribution in [0, 0.1) is 0 Å². The molecule has 0 aliphatic heterocycles. The summed E-state index contributed by atoms with van der Waals surface area (Å²) in [5, 5.41) is 3.18. The molecule has 0 saturated carbocycles. The van der Waals surface area contributed by atoms with Crippen molar-refractivity contribution in [2.45, 2.75) is 32.9 Å². The van der Waals surface area contributed by atoms with Gasteiger partial charge in [-0.15, -0.1) is 0 Å². The largest absolute Gasteiger partial charge is 0.443 e. The number of carbonyl (C=O) groups is 2. The van der Waals surface area contributed by atoms with Crippen molar-refractivity contribution in [1.29, 1.82) is 0 Å². The number of halogens is 1. The number of carbonyl (C=O) groups excluding carboxylic acids is 2. The normalized spacial score (nSPS) is 11.0. The Morgan fingerprint density at radius 1 is 1.32 bits per heavy atom. The van der Waals surface area contributed by atoms with Gasteiger partial charge in [0, 0.05) is 24.7 Å². The molecule has 0 radical (unpaired) electrons. The van der Waals surface area contributed by atoms with Gasteiger partial charge in [0.2, 0.25) is 0 Å². The number of nitrogens with zero attached hydrogens (tertiary/aromatic N) is 1. The summed E-state index contributed by atoms with van der Waals surface area (Å²) in [5.41, 5.74) is 5.52. The molecule has 3 N–H and O–H groups in total. The number of nitrogens with two attached hydrogens (primary N) is 1. The Labute approximate surface area is 135 Å². The average Bonchev–Trinajstić information content (AvgIpc) is 2.41. The number of urea groups is 1. The maximum atomic E-state index is 12.2. The summed E-state index contributed by atoms with van der Waals surface area (Å²) in [6.07, 6.45) is -0.727. The summed E-state index contributed by atoms with van der Waals surface area (Å²) in [5.74, 6) is 0. The SMILES string of the molecule is CC(C)(C)OC(=O)N(CCN)C(=O)NCc1ccccc1Cl. The standard InChI is InChI=1S/C15H22ClN3O3/c1-15(2,3)22-14(21)19(9-8-17)13(20)18-10-11-6-4-5-7-12(11)16/h4-7H,8-10,17H2,1-3H3,(H,18,20). The number of rotatable bonds is 4. The van der Waals surface area contributed by atoms with E-state index in [1.165, 1.54) is 0 Å². The van der Waals surface area contributed by atoms with Crippen molar-refractivity contribution in [2.75, 3.05) is 13.1 Å². The van der Waals surface area contributed by atoms with Gasteiger partial charge in [0.25, 0.3) is 0 Å². The van der Waals surface area contributed by atoms with Crippen LogP contribution in [0.15, 0.2) is 24.3 Å².